The molecule has 0 spiro atoms. The highest BCUT2D eigenvalue weighted by molar-refractivity contribution is 5.55. The van der Waals surface area contributed by atoms with E-state index in [-0.39, 0.29) is 0 Å². The highest BCUT2D eigenvalue weighted by atomic mass is 16.5. The van der Waals surface area contributed by atoms with E-state index in [1.54, 1.807) is 7.11 Å². The molecule has 0 amide bonds. The van der Waals surface area contributed by atoms with Crippen LogP contribution in [0.3, 0.4) is 0 Å². The standard InChI is InChI=1S/C19H22N4O2/c1-24-17-9-7-16(8-10-17)19-21-18(25-22-19)14-23(12-11-20)13-15-5-3-2-4-6-15/h2-10H,11-14,20H2,1H3. The van der Waals surface area contributed by atoms with Gasteiger partial charge >= 0.3 is 0 Å². The molecule has 2 N–H and O–H groups in total. The van der Waals surface area contributed by atoms with Gasteiger partial charge in [-0.15, -0.1) is 0 Å². The first-order valence-corrected chi connectivity index (χ1v) is 8.22. The molecule has 0 saturated heterocycles. The molecule has 130 valence electrons. The Kier molecular flexibility index (Phi) is 5.77. The summed E-state index contributed by atoms with van der Waals surface area (Å²) < 4.78 is 10.6. The first kappa shape index (κ1) is 17.1. The number of ether oxygens (including phenoxy) is 1. The van der Waals surface area contributed by atoms with Crippen LogP contribution >= 0.6 is 0 Å². The molecule has 6 heteroatoms. The molecule has 0 bridgehead atoms. The van der Waals surface area contributed by atoms with Crippen LogP contribution in [0.25, 0.3) is 11.4 Å². The van der Waals surface area contributed by atoms with E-state index in [0.717, 1.165) is 24.4 Å². The van der Waals surface area contributed by atoms with Gasteiger partial charge in [0, 0.05) is 25.2 Å². The molecule has 0 atom stereocenters. The van der Waals surface area contributed by atoms with Crippen LogP contribution in [0.15, 0.2) is 59.1 Å². The van der Waals surface area contributed by atoms with E-state index in [1.165, 1.54) is 5.56 Å². The number of methoxy groups -OCH3 is 1. The fourth-order valence-electron chi connectivity index (χ4n) is 2.61. The molecule has 1 aromatic heterocycles. The molecule has 2 aromatic carbocycles. The van der Waals surface area contributed by atoms with Crippen molar-refractivity contribution < 1.29 is 9.26 Å². The fraction of sp³-hybridized carbons (Fsp3) is 0.263. The molecule has 3 rings (SSSR count). The summed E-state index contributed by atoms with van der Waals surface area (Å²) in [6, 6.07) is 17.8. The lowest BCUT2D eigenvalue weighted by molar-refractivity contribution is 0.224. The topological polar surface area (TPSA) is 77.4 Å². The van der Waals surface area contributed by atoms with Gasteiger partial charge in [0.1, 0.15) is 5.75 Å². The minimum absolute atomic E-state index is 0.565. The predicted octanol–water partition coefficient (Wildman–Crippen LogP) is 2.71. The third kappa shape index (κ3) is 4.65. The van der Waals surface area contributed by atoms with Crippen molar-refractivity contribution in [3.8, 4) is 17.1 Å². The third-order valence-corrected chi connectivity index (χ3v) is 3.87. The van der Waals surface area contributed by atoms with Crippen molar-refractivity contribution in [2.45, 2.75) is 13.1 Å². The number of rotatable bonds is 8. The summed E-state index contributed by atoms with van der Waals surface area (Å²) in [7, 11) is 1.64. The largest absolute Gasteiger partial charge is 0.497 e. The molecule has 25 heavy (non-hydrogen) atoms. The normalized spacial score (nSPS) is 11.0. The van der Waals surface area contributed by atoms with E-state index >= 15 is 0 Å². The van der Waals surface area contributed by atoms with Crippen molar-refractivity contribution in [3.63, 3.8) is 0 Å². The first-order valence-electron chi connectivity index (χ1n) is 8.22. The second-order valence-electron chi connectivity index (χ2n) is 5.73. The lowest BCUT2D eigenvalue weighted by Crippen LogP contribution is -2.28. The van der Waals surface area contributed by atoms with E-state index < -0.39 is 0 Å². The maximum atomic E-state index is 5.74. The summed E-state index contributed by atoms with van der Waals surface area (Å²) in [5.74, 6) is 1.95. The molecule has 0 aliphatic rings. The van der Waals surface area contributed by atoms with Crippen LogP contribution in [-0.2, 0) is 13.1 Å². The highest BCUT2D eigenvalue weighted by Gasteiger charge is 2.13. The Morgan fingerprint density at radius 1 is 1.04 bits per heavy atom. The average Bonchev–Trinajstić information content (AvgIpc) is 3.11. The molecular formula is C19H22N4O2. The maximum absolute atomic E-state index is 5.74. The monoisotopic (exact) mass is 338 g/mol. The Hall–Kier alpha value is -2.70. The van der Waals surface area contributed by atoms with Crippen molar-refractivity contribution in [1.82, 2.24) is 15.0 Å². The van der Waals surface area contributed by atoms with Crippen LogP contribution in [0.2, 0.25) is 0 Å². The molecule has 3 aromatic rings. The van der Waals surface area contributed by atoms with E-state index in [9.17, 15) is 0 Å². The number of benzene rings is 2. The SMILES string of the molecule is COc1ccc(-c2noc(CN(CCN)Cc3ccccc3)n2)cc1. The Morgan fingerprint density at radius 3 is 2.48 bits per heavy atom. The van der Waals surface area contributed by atoms with Gasteiger partial charge in [0.2, 0.25) is 11.7 Å². The number of nitrogens with zero attached hydrogens (tertiary/aromatic N) is 3. The second kappa shape index (κ2) is 8.41. The Balaban J connectivity index is 1.69. The van der Waals surface area contributed by atoms with E-state index in [1.807, 2.05) is 42.5 Å². The zero-order valence-corrected chi connectivity index (χ0v) is 14.3. The van der Waals surface area contributed by atoms with Crippen LogP contribution in [0.5, 0.6) is 5.75 Å². The van der Waals surface area contributed by atoms with Gasteiger partial charge in [-0.1, -0.05) is 35.5 Å². The Labute approximate surface area is 147 Å². The minimum atomic E-state index is 0.565. The number of hydrogen-bond acceptors (Lipinski definition) is 6. The van der Waals surface area contributed by atoms with Gasteiger partial charge in [0.15, 0.2) is 0 Å². The van der Waals surface area contributed by atoms with Crippen LogP contribution in [0, 0.1) is 0 Å². The van der Waals surface area contributed by atoms with Crippen molar-refractivity contribution in [3.05, 3.63) is 66.1 Å². The minimum Gasteiger partial charge on any atom is -0.497 e. The molecule has 0 unspecified atom stereocenters. The molecule has 0 fully saturated rings. The van der Waals surface area contributed by atoms with Gasteiger partial charge in [0.25, 0.3) is 0 Å². The maximum Gasteiger partial charge on any atom is 0.241 e. The zero-order chi connectivity index (χ0) is 17.5. The van der Waals surface area contributed by atoms with Crippen molar-refractivity contribution in [2.24, 2.45) is 5.73 Å². The lowest BCUT2D eigenvalue weighted by atomic mass is 10.2. The first-order chi connectivity index (χ1) is 12.3. The third-order valence-electron chi connectivity index (χ3n) is 3.87. The van der Waals surface area contributed by atoms with Gasteiger partial charge in [-0.3, -0.25) is 4.90 Å². The fourth-order valence-corrected chi connectivity index (χ4v) is 2.61. The van der Waals surface area contributed by atoms with Gasteiger partial charge in [-0.25, -0.2) is 0 Å². The summed E-state index contributed by atoms with van der Waals surface area (Å²) in [6.45, 7) is 2.69. The molecule has 1 heterocycles. The summed E-state index contributed by atoms with van der Waals surface area (Å²) in [5.41, 5.74) is 7.86. The van der Waals surface area contributed by atoms with Gasteiger partial charge < -0.3 is 15.0 Å². The Bertz CT molecular complexity index is 772. The van der Waals surface area contributed by atoms with Crippen molar-refractivity contribution >= 4 is 0 Å². The summed E-state index contributed by atoms with van der Waals surface area (Å²) >= 11 is 0. The van der Waals surface area contributed by atoms with Crippen LogP contribution in [-0.4, -0.2) is 35.2 Å². The summed E-state index contributed by atoms with van der Waals surface area (Å²) in [4.78, 5) is 6.69. The molecule has 0 aliphatic heterocycles. The molecule has 6 nitrogen and oxygen atoms in total. The van der Waals surface area contributed by atoms with Crippen LogP contribution in [0.4, 0.5) is 0 Å². The van der Waals surface area contributed by atoms with Crippen molar-refractivity contribution in [2.75, 3.05) is 20.2 Å². The van der Waals surface area contributed by atoms with Crippen LogP contribution in [0.1, 0.15) is 11.5 Å². The van der Waals surface area contributed by atoms with E-state index in [4.69, 9.17) is 15.0 Å². The second-order valence-corrected chi connectivity index (χ2v) is 5.73. The van der Waals surface area contributed by atoms with Crippen LogP contribution < -0.4 is 10.5 Å². The van der Waals surface area contributed by atoms with Gasteiger partial charge in [0.05, 0.1) is 13.7 Å². The molecule has 0 radical (unpaired) electrons. The number of nitrogens with two attached hydrogens (primary N) is 1. The number of hydrogen-bond donors (Lipinski definition) is 1. The summed E-state index contributed by atoms with van der Waals surface area (Å²) in [6.07, 6.45) is 0. The lowest BCUT2D eigenvalue weighted by Gasteiger charge is -2.19. The molecule has 0 aliphatic carbocycles. The van der Waals surface area contributed by atoms with E-state index in [2.05, 4.69) is 27.2 Å². The average molecular weight is 338 g/mol. The predicted molar refractivity (Wildman–Crippen MR) is 95.9 cm³/mol. The molecule has 0 saturated carbocycles. The van der Waals surface area contributed by atoms with Gasteiger partial charge in [-0.2, -0.15) is 4.98 Å². The highest BCUT2D eigenvalue weighted by Crippen LogP contribution is 2.20. The van der Waals surface area contributed by atoms with Gasteiger partial charge in [-0.05, 0) is 29.8 Å². The molecular weight excluding hydrogens is 316 g/mol. The van der Waals surface area contributed by atoms with Crippen molar-refractivity contribution in [1.29, 1.82) is 0 Å². The quantitative estimate of drug-likeness (QED) is 0.680. The summed E-state index contributed by atoms with van der Waals surface area (Å²) in [5, 5.41) is 4.08. The smallest absolute Gasteiger partial charge is 0.241 e. The number of aromatic nitrogens is 2. The van der Waals surface area contributed by atoms with E-state index in [0.29, 0.717) is 24.8 Å². The Morgan fingerprint density at radius 2 is 1.80 bits per heavy atom. The zero-order valence-electron chi connectivity index (χ0n) is 14.3.